The van der Waals surface area contributed by atoms with E-state index in [1.807, 2.05) is 0 Å². The molecule has 2 aliphatic rings. The second-order valence-electron chi connectivity index (χ2n) is 9.88. The lowest BCUT2D eigenvalue weighted by molar-refractivity contribution is -0.137. The summed E-state index contributed by atoms with van der Waals surface area (Å²) in [7, 11) is -4.59. The van der Waals surface area contributed by atoms with Gasteiger partial charge in [0.25, 0.3) is 10.0 Å². The fourth-order valence-electron chi connectivity index (χ4n) is 4.33. The van der Waals surface area contributed by atoms with E-state index in [9.17, 15) is 35.2 Å². The highest BCUT2D eigenvalue weighted by atomic mass is 32.2. The SMILES string of the molecule is CC1(C(=O)NCC2CN(S(=O)(=O)c3cccc(C(F)(F)F)c3)c3cc(-c4cc(F)ccc4F)ccc3O2)CC1. The highest BCUT2D eigenvalue weighted by Gasteiger charge is 2.45. The number of nitrogens with zero attached hydrogens (tertiary/aromatic N) is 1. The number of halogens is 5. The molecule has 3 aromatic carbocycles. The molecule has 1 aliphatic carbocycles. The van der Waals surface area contributed by atoms with Gasteiger partial charge in [-0.1, -0.05) is 19.1 Å². The van der Waals surface area contributed by atoms with Gasteiger partial charge >= 0.3 is 6.18 Å². The molecule has 1 heterocycles. The number of carbonyl (C=O) groups excluding carboxylic acids is 1. The van der Waals surface area contributed by atoms with E-state index in [2.05, 4.69) is 5.32 Å². The number of rotatable bonds is 6. The van der Waals surface area contributed by atoms with E-state index in [1.165, 1.54) is 18.2 Å². The van der Waals surface area contributed by atoms with Gasteiger partial charge in [0.2, 0.25) is 5.91 Å². The van der Waals surface area contributed by atoms with E-state index in [-0.39, 0.29) is 41.6 Å². The molecule has 12 heteroatoms. The summed E-state index contributed by atoms with van der Waals surface area (Å²) in [5.74, 6) is -1.63. The van der Waals surface area contributed by atoms with Crippen molar-refractivity contribution in [3.63, 3.8) is 0 Å². The first kappa shape index (κ1) is 26.9. The molecule has 6 nitrogen and oxygen atoms in total. The van der Waals surface area contributed by atoms with Crippen LogP contribution in [-0.2, 0) is 21.0 Å². The maximum Gasteiger partial charge on any atom is 0.416 e. The summed E-state index contributed by atoms with van der Waals surface area (Å²) in [5.41, 5.74) is -1.70. The molecule has 1 aliphatic heterocycles. The molecule has 1 atom stereocenters. The van der Waals surface area contributed by atoms with Crippen LogP contribution in [0.5, 0.6) is 5.75 Å². The van der Waals surface area contributed by atoms with Crippen LogP contribution in [0.3, 0.4) is 0 Å². The maximum atomic E-state index is 14.5. The zero-order chi connectivity index (χ0) is 28.2. The Morgan fingerprint density at radius 1 is 1.08 bits per heavy atom. The number of ether oxygens (including phenoxy) is 1. The number of anilines is 1. The molecule has 0 spiro atoms. The molecule has 1 saturated carbocycles. The van der Waals surface area contributed by atoms with Crippen LogP contribution in [0.25, 0.3) is 11.1 Å². The van der Waals surface area contributed by atoms with E-state index in [0.29, 0.717) is 6.07 Å². The number of fused-ring (bicyclic) bond motifs is 1. The van der Waals surface area contributed by atoms with Crippen molar-refractivity contribution in [2.24, 2.45) is 5.41 Å². The summed E-state index contributed by atoms with van der Waals surface area (Å²) in [6.45, 7) is 1.40. The number of hydrogen-bond donors (Lipinski definition) is 1. The zero-order valence-corrected chi connectivity index (χ0v) is 21.4. The predicted octanol–water partition coefficient (Wildman–Crippen LogP) is 5.52. The van der Waals surface area contributed by atoms with Gasteiger partial charge in [0.15, 0.2) is 0 Å². The summed E-state index contributed by atoms with van der Waals surface area (Å²) in [5, 5.41) is 2.75. The van der Waals surface area contributed by atoms with Crippen LogP contribution in [0.1, 0.15) is 25.3 Å². The smallest absolute Gasteiger partial charge is 0.416 e. The molecule has 1 unspecified atom stereocenters. The Bertz CT molecular complexity index is 1550. The second kappa shape index (κ2) is 9.51. The minimum Gasteiger partial charge on any atom is -0.484 e. The van der Waals surface area contributed by atoms with Crippen molar-refractivity contribution in [1.82, 2.24) is 5.32 Å². The lowest BCUT2D eigenvalue weighted by atomic mass is 10.0. The highest BCUT2D eigenvalue weighted by molar-refractivity contribution is 7.92. The Morgan fingerprint density at radius 2 is 1.82 bits per heavy atom. The molecule has 0 saturated heterocycles. The third-order valence-corrected chi connectivity index (χ3v) is 8.69. The van der Waals surface area contributed by atoms with Crippen molar-refractivity contribution in [1.29, 1.82) is 0 Å². The monoisotopic (exact) mass is 566 g/mol. The van der Waals surface area contributed by atoms with Gasteiger partial charge in [-0.2, -0.15) is 13.2 Å². The molecule has 0 bridgehead atoms. The number of hydrogen-bond acceptors (Lipinski definition) is 4. The van der Waals surface area contributed by atoms with E-state index in [1.54, 1.807) is 6.92 Å². The molecule has 1 amide bonds. The van der Waals surface area contributed by atoms with E-state index in [0.717, 1.165) is 53.5 Å². The largest absolute Gasteiger partial charge is 0.484 e. The van der Waals surface area contributed by atoms with Crippen molar-refractivity contribution >= 4 is 21.6 Å². The molecule has 1 fully saturated rings. The Kier molecular flexibility index (Phi) is 6.56. The molecular formula is C27H23F5N2O4S. The van der Waals surface area contributed by atoms with E-state index < -0.39 is 49.8 Å². The molecule has 3 aromatic rings. The van der Waals surface area contributed by atoms with Crippen molar-refractivity contribution < 1.29 is 39.9 Å². The fraction of sp³-hybridized carbons (Fsp3) is 0.296. The minimum atomic E-state index is -4.78. The first-order valence-corrected chi connectivity index (χ1v) is 13.5. The lowest BCUT2D eigenvalue weighted by Gasteiger charge is -2.36. The Morgan fingerprint density at radius 3 is 2.51 bits per heavy atom. The maximum absolute atomic E-state index is 14.5. The van der Waals surface area contributed by atoms with Crippen LogP contribution < -0.4 is 14.4 Å². The third kappa shape index (κ3) is 5.29. The summed E-state index contributed by atoms with van der Waals surface area (Å²) in [6, 6.07) is 10.2. The average molecular weight is 567 g/mol. The van der Waals surface area contributed by atoms with Crippen LogP contribution in [-0.4, -0.2) is 33.5 Å². The van der Waals surface area contributed by atoms with Gasteiger partial charge in [-0.3, -0.25) is 9.10 Å². The van der Waals surface area contributed by atoms with Crippen molar-refractivity contribution in [2.45, 2.75) is 36.9 Å². The van der Waals surface area contributed by atoms with E-state index >= 15 is 0 Å². The Hall–Kier alpha value is -3.67. The number of sulfonamides is 1. The van der Waals surface area contributed by atoms with Gasteiger partial charge in [-0.05, 0) is 66.9 Å². The van der Waals surface area contributed by atoms with Crippen LogP contribution in [0, 0.1) is 17.0 Å². The molecule has 1 N–H and O–H groups in total. The van der Waals surface area contributed by atoms with Crippen LogP contribution in [0.4, 0.5) is 27.6 Å². The quantitative estimate of drug-likeness (QED) is 0.399. The number of alkyl halides is 3. The van der Waals surface area contributed by atoms with Crippen molar-refractivity contribution in [3.8, 4) is 16.9 Å². The molecule has 0 aromatic heterocycles. The Labute approximate surface area is 221 Å². The summed E-state index contributed by atoms with van der Waals surface area (Å²) >= 11 is 0. The molecule has 0 radical (unpaired) electrons. The summed E-state index contributed by atoms with van der Waals surface area (Å²) in [4.78, 5) is 11.8. The van der Waals surface area contributed by atoms with Crippen LogP contribution >= 0.6 is 0 Å². The standard InChI is InChI=1S/C27H23F5N2O4S/c1-26(9-10-26)25(35)33-14-19-15-34(39(36,37)20-4-2-3-17(12-20)27(30,31)32)23-11-16(5-8-24(23)38-19)21-13-18(28)6-7-22(21)29/h2-8,11-13,19H,9-10,14-15H2,1H3,(H,33,35). The van der Waals surface area contributed by atoms with Gasteiger partial charge in [0, 0.05) is 11.0 Å². The van der Waals surface area contributed by atoms with Crippen LogP contribution in [0.2, 0.25) is 0 Å². The van der Waals surface area contributed by atoms with Crippen molar-refractivity contribution in [3.05, 3.63) is 77.9 Å². The average Bonchev–Trinajstić information content (AvgIpc) is 3.66. The summed E-state index contributed by atoms with van der Waals surface area (Å²) in [6.07, 6.45) is -4.20. The molecule has 206 valence electrons. The lowest BCUT2D eigenvalue weighted by Crippen LogP contribution is -2.49. The first-order valence-electron chi connectivity index (χ1n) is 12.0. The first-order chi connectivity index (χ1) is 18.3. The van der Waals surface area contributed by atoms with Gasteiger partial charge in [0.1, 0.15) is 23.5 Å². The molecule has 39 heavy (non-hydrogen) atoms. The minimum absolute atomic E-state index is 0.0502. The fourth-order valence-corrected chi connectivity index (χ4v) is 5.87. The van der Waals surface area contributed by atoms with Crippen molar-refractivity contribution in [2.75, 3.05) is 17.4 Å². The van der Waals surface area contributed by atoms with Gasteiger partial charge in [-0.25, -0.2) is 17.2 Å². The van der Waals surface area contributed by atoms with Crippen LogP contribution in [0.15, 0.2) is 65.6 Å². The highest BCUT2D eigenvalue weighted by Crippen LogP contribution is 2.45. The number of carbonyl (C=O) groups is 1. The topological polar surface area (TPSA) is 75.7 Å². The summed E-state index contributed by atoms with van der Waals surface area (Å²) < 4.78 is 103. The van der Waals surface area contributed by atoms with Gasteiger partial charge in [-0.15, -0.1) is 0 Å². The molecular weight excluding hydrogens is 543 g/mol. The predicted molar refractivity (Wildman–Crippen MR) is 133 cm³/mol. The number of nitrogens with one attached hydrogen (secondary N) is 1. The number of amides is 1. The second-order valence-corrected chi connectivity index (χ2v) is 11.7. The molecule has 5 rings (SSSR count). The third-order valence-electron chi connectivity index (χ3n) is 6.92. The van der Waals surface area contributed by atoms with Gasteiger partial charge < -0.3 is 10.1 Å². The van der Waals surface area contributed by atoms with Gasteiger partial charge in [0.05, 0.1) is 29.2 Å². The number of benzene rings is 3. The van der Waals surface area contributed by atoms with E-state index in [4.69, 9.17) is 4.74 Å². The normalized spacial score (nSPS) is 18.2. The zero-order valence-electron chi connectivity index (χ0n) is 20.6. The Balaban J connectivity index is 1.56.